The molecular formula is C19H20N2O2. The molecule has 2 aromatic heterocycles. The van der Waals surface area contributed by atoms with Gasteiger partial charge in [0.1, 0.15) is 11.9 Å². The van der Waals surface area contributed by atoms with E-state index in [1.165, 1.54) is 5.56 Å². The Morgan fingerprint density at radius 2 is 1.74 bits per heavy atom. The number of benzene rings is 1. The van der Waals surface area contributed by atoms with Gasteiger partial charge in [-0.2, -0.15) is 0 Å². The third kappa shape index (κ3) is 4.52. The number of hydrogen-bond donors (Lipinski definition) is 1. The second-order valence-electron chi connectivity index (χ2n) is 5.55. The van der Waals surface area contributed by atoms with E-state index in [2.05, 4.69) is 22.0 Å². The highest BCUT2D eigenvalue weighted by Crippen LogP contribution is 2.18. The molecule has 118 valence electrons. The van der Waals surface area contributed by atoms with Crippen LogP contribution in [-0.4, -0.2) is 21.5 Å². The van der Waals surface area contributed by atoms with Crippen LogP contribution in [0.25, 0.3) is 0 Å². The molecule has 0 aliphatic heterocycles. The number of hydrogen-bond acceptors (Lipinski definition) is 4. The molecule has 0 radical (unpaired) electrons. The van der Waals surface area contributed by atoms with Gasteiger partial charge in [0.25, 0.3) is 0 Å². The number of aliphatic hydroxyl groups is 1. The molecule has 0 saturated heterocycles. The number of nitrogens with zero attached hydrogens (tertiary/aromatic N) is 2. The van der Waals surface area contributed by atoms with Crippen LogP contribution < -0.4 is 0 Å². The van der Waals surface area contributed by atoms with Crippen molar-refractivity contribution in [3.63, 3.8) is 0 Å². The minimum atomic E-state index is -0.648. The molecule has 0 unspecified atom stereocenters. The van der Waals surface area contributed by atoms with Gasteiger partial charge < -0.3 is 9.52 Å². The van der Waals surface area contributed by atoms with Gasteiger partial charge in [0.2, 0.25) is 0 Å². The first-order chi connectivity index (χ1) is 11.3. The Morgan fingerprint density at radius 1 is 0.957 bits per heavy atom. The molecule has 0 fully saturated rings. The van der Waals surface area contributed by atoms with Crippen LogP contribution in [0.3, 0.4) is 0 Å². The third-order valence-electron chi connectivity index (χ3n) is 3.68. The van der Waals surface area contributed by atoms with Crippen molar-refractivity contribution in [3.05, 3.63) is 90.1 Å². The van der Waals surface area contributed by atoms with Crippen LogP contribution in [0, 0.1) is 0 Å². The van der Waals surface area contributed by atoms with Gasteiger partial charge in [0.05, 0.1) is 6.26 Å². The Balaban J connectivity index is 1.72. The summed E-state index contributed by atoms with van der Waals surface area (Å²) in [7, 11) is 0. The van der Waals surface area contributed by atoms with Gasteiger partial charge in [-0.3, -0.25) is 9.88 Å². The first-order valence-electron chi connectivity index (χ1n) is 7.68. The summed E-state index contributed by atoms with van der Waals surface area (Å²) in [6.45, 7) is 1.98. The van der Waals surface area contributed by atoms with Gasteiger partial charge in [-0.25, -0.2) is 0 Å². The highest BCUT2D eigenvalue weighted by atomic mass is 16.4. The average molecular weight is 308 g/mol. The van der Waals surface area contributed by atoms with Crippen LogP contribution in [0.15, 0.2) is 77.7 Å². The number of rotatable bonds is 7. The van der Waals surface area contributed by atoms with Crippen LogP contribution in [0.4, 0.5) is 0 Å². The Hall–Kier alpha value is -2.43. The molecule has 0 amide bonds. The molecule has 4 heteroatoms. The lowest BCUT2D eigenvalue weighted by molar-refractivity contribution is 0.0872. The smallest absolute Gasteiger partial charge is 0.133 e. The second kappa shape index (κ2) is 7.72. The van der Waals surface area contributed by atoms with Gasteiger partial charge in [-0.15, -0.1) is 0 Å². The van der Waals surface area contributed by atoms with Crippen molar-refractivity contribution >= 4 is 0 Å². The van der Waals surface area contributed by atoms with Crippen LogP contribution in [0.1, 0.15) is 23.0 Å². The van der Waals surface area contributed by atoms with E-state index in [9.17, 15) is 5.11 Å². The van der Waals surface area contributed by atoms with Gasteiger partial charge >= 0.3 is 0 Å². The lowest BCUT2D eigenvalue weighted by Crippen LogP contribution is -2.28. The molecule has 0 aliphatic carbocycles. The van der Waals surface area contributed by atoms with Crippen molar-refractivity contribution in [2.75, 3.05) is 6.54 Å². The van der Waals surface area contributed by atoms with E-state index >= 15 is 0 Å². The van der Waals surface area contributed by atoms with Crippen molar-refractivity contribution in [1.82, 2.24) is 9.88 Å². The maximum Gasteiger partial charge on any atom is 0.133 e. The standard InChI is InChI=1S/C19H20N2O2/c22-18(19-9-5-11-23-19)15-21(13-16-6-2-1-3-7-16)14-17-8-4-10-20-12-17/h1-12,18,22H,13-15H2/t18-/m1/s1. The predicted octanol–water partition coefficient (Wildman–Crippen LogP) is 3.41. The minimum Gasteiger partial charge on any atom is -0.467 e. The zero-order valence-electron chi connectivity index (χ0n) is 12.9. The lowest BCUT2D eigenvalue weighted by atomic mass is 10.1. The molecule has 0 bridgehead atoms. The zero-order valence-corrected chi connectivity index (χ0v) is 12.9. The normalized spacial score (nSPS) is 12.4. The fourth-order valence-electron chi connectivity index (χ4n) is 2.59. The summed E-state index contributed by atoms with van der Waals surface area (Å²) in [6, 6.07) is 17.8. The zero-order chi connectivity index (χ0) is 15.9. The maximum atomic E-state index is 10.4. The molecule has 0 aliphatic rings. The molecule has 2 heterocycles. The van der Waals surface area contributed by atoms with Gasteiger partial charge in [-0.1, -0.05) is 36.4 Å². The lowest BCUT2D eigenvalue weighted by Gasteiger charge is -2.24. The molecule has 3 rings (SSSR count). The number of pyridine rings is 1. The highest BCUT2D eigenvalue weighted by Gasteiger charge is 2.16. The van der Waals surface area contributed by atoms with E-state index in [4.69, 9.17) is 4.42 Å². The Bertz CT molecular complexity index is 642. The fourth-order valence-corrected chi connectivity index (χ4v) is 2.59. The topological polar surface area (TPSA) is 49.5 Å². The first-order valence-corrected chi connectivity index (χ1v) is 7.68. The Morgan fingerprint density at radius 3 is 2.43 bits per heavy atom. The minimum absolute atomic E-state index is 0.497. The van der Waals surface area contributed by atoms with Crippen LogP contribution in [-0.2, 0) is 13.1 Å². The van der Waals surface area contributed by atoms with Gasteiger partial charge in [0, 0.05) is 32.0 Å². The molecule has 1 atom stereocenters. The number of furan rings is 1. The summed E-state index contributed by atoms with van der Waals surface area (Å²) in [4.78, 5) is 6.36. The second-order valence-corrected chi connectivity index (χ2v) is 5.55. The average Bonchev–Trinajstić information content (AvgIpc) is 3.11. The van der Waals surface area contributed by atoms with E-state index in [1.54, 1.807) is 24.6 Å². The monoisotopic (exact) mass is 308 g/mol. The largest absolute Gasteiger partial charge is 0.467 e. The number of aliphatic hydroxyl groups excluding tert-OH is 1. The van der Waals surface area contributed by atoms with Gasteiger partial charge in [0.15, 0.2) is 0 Å². The summed E-state index contributed by atoms with van der Waals surface area (Å²) in [5.41, 5.74) is 2.33. The van der Waals surface area contributed by atoms with E-state index < -0.39 is 6.10 Å². The predicted molar refractivity (Wildman–Crippen MR) is 88.5 cm³/mol. The SMILES string of the molecule is O[C@H](CN(Cc1ccccc1)Cc1cccnc1)c1ccco1. The van der Waals surface area contributed by atoms with Crippen molar-refractivity contribution in [1.29, 1.82) is 0 Å². The third-order valence-corrected chi connectivity index (χ3v) is 3.68. The van der Waals surface area contributed by atoms with Crippen molar-refractivity contribution in [2.45, 2.75) is 19.2 Å². The molecule has 1 aromatic carbocycles. The van der Waals surface area contributed by atoms with E-state index in [-0.39, 0.29) is 0 Å². The van der Waals surface area contributed by atoms with E-state index in [0.29, 0.717) is 12.3 Å². The molecular weight excluding hydrogens is 288 g/mol. The van der Waals surface area contributed by atoms with Gasteiger partial charge in [-0.05, 0) is 29.3 Å². The van der Waals surface area contributed by atoms with Crippen molar-refractivity contribution in [2.24, 2.45) is 0 Å². The maximum absolute atomic E-state index is 10.4. The van der Waals surface area contributed by atoms with E-state index in [1.807, 2.05) is 36.5 Å². The molecule has 4 nitrogen and oxygen atoms in total. The molecule has 23 heavy (non-hydrogen) atoms. The summed E-state index contributed by atoms with van der Waals surface area (Å²) in [6.07, 6.45) is 4.56. The summed E-state index contributed by atoms with van der Waals surface area (Å²) >= 11 is 0. The first kappa shape index (κ1) is 15.5. The molecule has 1 N–H and O–H groups in total. The Kier molecular flexibility index (Phi) is 5.19. The highest BCUT2D eigenvalue weighted by molar-refractivity contribution is 5.15. The van der Waals surface area contributed by atoms with Crippen LogP contribution in [0.2, 0.25) is 0 Å². The number of aromatic nitrogens is 1. The van der Waals surface area contributed by atoms with Crippen molar-refractivity contribution < 1.29 is 9.52 Å². The molecule has 0 saturated carbocycles. The van der Waals surface area contributed by atoms with Crippen molar-refractivity contribution in [3.8, 4) is 0 Å². The van der Waals surface area contributed by atoms with Crippen LogP contribution >= 0.6 is 0 Å². The summed E-state index contributed by atoms with van der Waals surface area (Å²) in [5, 5.41) is 10.4. The molecule has 0 spiro atoms. The summed E-state index contributed by atoms with van der Waals surface area (Å²) < 4.78 is 5.31. The van der Waals surface area contributed by atoms with Crippen LogP contribution in [0.5, 0.6) is 0 Å². The van der Waals surface area contributed by atoms with E-state index in [0.717, 1.165) is 18.7 Å². The molecule has 3 aromatic rings. The Labute approximate surface area is 136 Å². The quantitative estimate of drug-likeness (QED) is 0.726. The fraction of sp³-hybridized carbons (Fsp3) is 0.211. The summed E-state index contributed by atoms with van der Waals surface area (Å²) in [5.74, 6) is 0.592.